The number of aliphatic hydroxyl groups is 1. The van der Waals surface area contributed by atoms with E-state index in [1.54, 1.807) is 48.8 Å². The molecule has 2 atom stereocenters. The lowest BCUT2D eigenvalue weighted by molar-refractivity contribution is -0.140. The summed E-state index contributed by atoms with van der Waals surface area (Å²) in [5, 5.41) is 26.1. The zero-order valence-electron chi connectivity index (χ0n) is 16.2. The first kappa shape index (κ1) is 22.7. The number of aromatic nitrogens is 2. The summed E-state index contributed by atoms with van der Waals surface area (Å²) in [6.07, 6.45) is 5.64. The highest BCUT2D eigenvalue weighted by Crippen LogP contribution is 2.29. The van der Waals surface area contributed by atoms with Crippen molar-refractivity contribution in [2.45, 2.75) is 18.7 Å². The van der Waals surface area contributed by atoms with Crippen molar-refractivity contribution in [1.29, 1.82) is 0 Å². The molecule has 9 heteroatoms. The van der Waals surface area contributed by atoms with Crippen molar-refractivity contribution in [3.05, 3.63) is 88.2 Å². The Morgan fingerprint density at radius 3 is 2.29 bits per heavy atom. The zero-order valence-corrected chi connectivity index (χ0v) is 17.8. The molecule has 2 aromatic carbocycles. The van der Waals surface area contributed by atoms with Crippen LogP contribution in [0, 0.1) is 0 Å². The van der Waals surface area contributed by atoms with Crippen LogP contribution in [0.3, 0.4) is 0 Å². The lowest BCUT2D eigenvalue weighted by Gasteiger charge is -2.20. The number of hydrogen-bond acceptors (Lipinski definition) is 6. The highest BCUT2D eigenvalue weighted by atomic mass is 35.5. The predicted molar refractivity (Wildman–Crippen MR) is 121 cm³/mol. The monoisotopic (exact) mass is 458 g/mol. The lowest BCUT2D eigenvalue weighted by atomic mass is 10.1. The minimum atomic E-state index is -1.32. The zero-order chi connectivity index (χ0) is 22.2. The molecule has 0 aliphatic rings. The maximum Gasteiger partial charge on any atom is 0.321 e. The molecule has 0 spiro atoms. The number of hydrogen-bond donors (Lipinski definition) is 4. The highest BCUT2D eigenvalue weighted by molar-refractivity contribution is 6.36. The summed E-state index contributed by atoms with van der Waals surface area (Å²) >= 11 is 12.2. The van der Waals surface area contributed by atoms with Crippen molar-refractivity contribution in [3.8, 4) is 0 Å². The van der Waals surface area contributed by atoms with Crippen molar-refractivity contribution in [1.82, 2.24) is 15.3 Å². The molecular weight excluding hydrogens is 439 g/mol. The molecule has 160 valence electrons. The van der Waals surface area contributed by atoms with Crippen LogP contribution in [-0.2, 0) is 4.79 Å². The summed E-state index contributed by atoms with van der Waals surface area (Å²) in [7, 11) is 0. The number of benzene rings is 2. The number of halogens is 2. The molecule has 0 aliphatic heterocycles. The number of carboxylic acids is 1. The first-order chi connectivity index (χ1) is 14.9. The van der Waals surface area contributed by atoms with E-state index in [0.29, 0.717) is 5.95 Å². The van der Waals surface area contributed by atoms with E-state index in [-0.39, 0.29) is 22.0 Å². The lowest BCUT2D eigenvalue weighted by Crippen LogP contribution is -2.39. The number of carbonyl (C=O) groups is 1. The van der Waals surface area contributed by atoms with Gasteiger partial charge in [-0.05, 0) is 42.3 Å². The van der Waals surface area contributed by atoms with E-state index in [1.807, 2.05) is 24.3 Å². The van der Waals surface area contributed by atoms with Gasteiger partial charge in [-0.1, -0.05) is 53.6 Å². The van der Waals surface area contributed by atoms with Gasteiger partial charge in [-0.2, -0.15) is 0 Å². The Morgan fingerprint density at radius 2 is 1.68 bits per heavy atom. The normalized spacial score (nSPS) is 13.1. The summed E-state index contributed by atoms with van der Waals surface area (Å²) in [6, 6.07) is 13.0. The van der Waals surface area contributed by atoms with Crippen LogP contribution >= 0.6 is 23.2 Å². The summed E-state index contributed by atoms with van der Waals surface area (Å²) in [4.78, 5) is 19.8. The number of aliphatic hydroxyl groups excluding tert-OH is 1. The Kier molecular flexibility index (Phi) is 7.97. The van der Waals surface area contributed by atoms with Crippen LogP contribution in [0.5, 0.6) is 0 Å². The van der Waals surface area contributed by atoms with Gasteiger partial charge in [0.15, 0.2) is 0 Å². The van der Waals surface area contributed by atoms with Gasteiger partial charge in [0.05, 0.1) is 0 Å². The second-order valence-electron chi connectivity index (χ2n) is 6.55. The smallest absolute Gasteiger partial charge is 0.321 e. The van der Waals surface area contributed by atoms with Gasteiger partial charge in [-0.15, -0.1) is 0 Å². The van der Waals surface area contributed by atoms with E-state index >= 15 is 0 Å². The van der Waals surface area contributed by atoms with Gasteiger partial charge >= 0.3 is 5.97 Å². The Morgan fingerprint density at radius 1 is 1.03 bits per heavy atom. The molecule has 1 aromatic heterocycles. The third-order valence-corrected chi connectivity index (χ3v) is 5.00. The van der Waals surface area contributed by atoms with E-state index in [9.17, 15) is 15.0 Å². The maximum absolute atomic E-state index is 11.6. The predicted octanol–water partition coefficient (Wildman–Crippen LogP) is 4.66. The van der Waals surface area contributed by atoms with Gasteiger partial charge in [0.2, 0.25) is 5.95 Å². The molecular formula is C22H20Cl2N4O3. The summed E-state index contributed by atoms with van der Waals surface area (Å²) in [5.74, 6) is -0.604. The molecule has 0 amide bonds. The SMILES string of the molecule is O=C(O)C(C/C=C/c1ccc(Nc2ncccn2)cc1)NC(O)c1c(Cl)cccc1Cl. The van der Waals surface area contributed by atoms with Crippen LogP contribution in [0.1, 0.15) is 23.8 Å². The van der Waals surface area contributed by atoms with Gasteiger partial charge in [-0.3, -0.25) is 10.1 Å². The Hall–Kier alpha value is -2.97. The standard InChI is InChI=1S/C22H20Cl2N4O3/c23-16-5-2-6-17(24)19(16)20(29)28-18(21(30)31)7-1-4-14-8-10-15(11-9-14)27-22-25-12-3-13-26-22/h1-6,8-13,18,20,28-29H,7H2,(H,30,31)(H,25,26,27)/b4-1+. The molecule has 0 radical (unpaired) electrons. The maximum atomic E-state index is 11.6. The van der Waals surface area contributed by atoms with Crippen LogP contribution in [0.15, 0.2) is 67.0 Å². The third kappa shape index (κ3) is 6.50. The number of aliphatic carboxylic acids is 1. The van der Waals surface area contributed by atoms with Gasteiger partial charge in [-0.25, -0.2) is 9.97 Å². The van der Waals surface area contributed by atoms with Crippen LogP contribution in [-0.4, -0.2) is 32.2 Å². The second-order valence-corrected chi connectivity index (χ2v) is 7.37. The van der Waals surface area contributed by atoms with Gasteiger partial charge in [0.25, 0.3) is 0 Å². The molecule has 3 aromatic rings. The van der Waals surface area contributed by atoms with Crippen LogP contribution in [0.2, 0.25) is 10.0 Å². The third-order valence-electron chi connectivity index (χ3n) is 4.34. The fourth-order valence-electron chi connectivity index (χ4n) is 2.80. The number of nitrogens with zero attached hydrogens (tertiary/aromatic N) is 2. The van der Waals surface area contributed by atoms with E-state index in [2.05, 4.69) is 20.6 Å². The molecule has 0 fully saturated rings. The number of carboxylic acid groups (broad SMARTS) is 1. The average Bonchev–Trinajstić information content (AvgIpc) is 2.75. The molecule has 4 N–H and O–H groups in total. The fraction of sp³-hybridized carbons (Fsp3) is 0.136. The molecule has 2 unspecified atom stereocenters. The van der Waals surface area contributed by atoms with Crippen LogP contribution in [0.25, 0.3) is 6.08 Å². The number of rotatable bonds is 9. The Balaban J connectivity index is 1.60. The molecule has 0 bridgehead atoms. The molecule has 3 rings (SSSR count). The van der Waals surface area contributed by atoms with E-state index < -0.39 is 18.2 Å². The van der Waals surface area contributed by atoms with Crippen molar-refractivity contribution in [3.63, 3.8) is 0 Å². The van der Waals surface area contributed by atoms with E-state index in [1.165, 1.54) is 0 Å². The van der Waals surface area contributed by atoms with Crippen molar-refractivity contribution >= 4 is 46.9 Å². The highest BCUT2D eigenvalue weighted by Gasteiger charge is 2.23. The quantitative estimate of drug-likeness (QED) is 0.345. The van der Waals surface area contributed by atoms with E-state index in [0.717, 1.165) is 11.3 Å². The van der Waals surface area contributed by atoms with Gasteiger partial charge in [0, 0.05) is 33.7 Å². The molecule has 1 heterocycles. The number of anilines is 2. The fourth-order valence-corrected chi connectivity index (χ4v) is 3.40. The largest absolute Gasteiger partial charge is 0.480 e. The van der Waals surface area contributed by atoms with Crippen LogP contribution < -0.4 is 10.6 Å². The molecule has 0 saturated heterocycles. The van der Waals surface area contributed by atoms with Crippen molar-refractivity contribution in [2.24, 2.45) is 0 Å². The molecule has 0 saturated carbocycles. The molecule has 0 aliphatic carbocycles. The van der Waals surface area contributed by atoms with Crippen LogP contribution in [0.4, 0.5) is 11.6 Å². The summed E-state index contributed by atoms with van der Waals surface area (Å²) in [6.45, 7) is 0. The molecule has 31 heavy (non-hydrogen) atoms. The topological polar surface area (TPSA) is 107 Å². The average molecular weight is 459 g/mol. The van der Waals surface area contributed by atoms with Gasteiger partial charge < -0.3 is 15.5 Å². The Labute approximate surface area is 189 Å². The minimum Gasteiger partial charge on any atom is -0.480 e. The van der Waals surface area contributed by atoms with E-state index in [4.69, 9.17) is 23.2 Å². The van der Waals surface area contributed by atoms with Crippen molar-refractivity contribution < 1.29 is 15.0 Å². The second kappa shape index (κ2) is 10.9. The van der Waals surface area contributed by atoms with Gasteiger partial charge in [0.1, 0.15) is 12.3 Å². The minimum absolute atomic E-state index is 0.145. The first-order valence-electron chi connectivity index (χ1n) is 9.35. The summed E-state index contributed by atoms with van der Waals surface area (Å²) in [5.41, 5.74) is 1.96. The Bertz CT molecular complexity index is 1030. The number of nitrogens with one attached hydrogen (secondary N) is 2. The van der Waals surface area contributed by atoms with Crippen molar-refractivity contribution in [2.75, 3.05) is 5.32 Å². The molecule has 7 nitrogen and oxygen atoms in total. The summed E-state index contributed by atoms with van der Waals surface area (Å²) < 4.78 is 0. The first-order valence-corrected chi connectivity index (χ1v) is 10.1.